The van der Waals surface area contributed by atoms with Crippen LogP contribution in [0.15, 0.2) is 40.8 Å². The highest BCUT2D eigenvalue weighted by molar-refractivity contribution is 6.81. The zero-order chi connectivity index (χ0) is 17.0. The molecule has 2 rings (SSSR count). The molecule has 3 heteroatoms. The van der Waals surface area contributed by atoms with Crippen molar-refractivity contribution in [3.05, 3.63) is 59.0 Å². The number of carbonyl (C=O) groups is 1. The Bertz CT molecular complexity index is 645. The molecule has 0 bridgehead atoms. The highest BCUT2D eigenvalue weighted by Gasteiger charge is 2.40. The summed E-state index contributed by atoms with van der Waals surface area (Å²) in [4.78, 5) is 11.8. The number of benzene rings is 1. The van der Waals surface area contributed by atoms with Crippen molar-refractivity contribution in [3.63, 3.8) is 0 Å². The van der Waals surface area contributed by atoms with Crippen LogP contribution in [0.2, 0.25) is 18.1 Å². The summed E-state index contributed by atoms with van der Waals surface area (Å²) in [7, 11) is -1.58. The van der Waals surface area contributed by atoms with E-state index in [1.165, 1.54) is 23.7 Å². The zero-order valence-electron chi connectivity index (χ0n) is 15.0. The van der Waals surface area contributed by atoms with Gasteiger partial charge in [0.2, 0.25) is 0 Å². The van der Waals surface area contributed by atoms with E-state index in [9.17, 15) is 4.79 Å². The summed E-state index contributed by atoms with van der Waals surface area (Å²) in [6.45, 7) is 10.5. The molecule has 1 heterocycles. The van der Waals surface area contributed by atoms with Crippen molar-refractivity contribution in [2.75, 3.05) is 0 Å². The second-order valence-corrected chi connectivity index (χ2v) is 11.9. The van der Waals surface area contributed by atoms with E-state index in [0.29, 0.717) is 5.54 Å². The van der Waals surface area contributed by atoms with E-state index in [1.54, 1.807) is 6.92 Å². The van der Waals surface area contributed by atoms with Crippen molar-refractivity contribution in [3.8, 4) is 0 Å². The van der Waals surface area contributed by atoms with Crippen LogP contribution >= 0.6 is 0 Å². The number of hydrogen-bond donors (Lipinski definition) is 0. The van der Waals surface area contributed by atoms with Crippen LogP contribution in [-0.2, 0) is 0 Å². The number of Topliss-reactive ketones (excluding diaryl/α,β-unsaturated/α-hetero) is 1. The zero-order valence-corrected chi connectivity index (χ0v) is 16.0. The molecule has 0 N–H and O–H groups in total. The topological polar surface area (TPSA) is 30.2 Å². The van der Waals surface area contributed by atoms with Crippen LogP contribution < -0.4 is 0 Å². The molecular weight excluding hydrogens is 300 g/mol. The fraction of sp³-hybridized carbons (Fsp3) is 0.450. The Kier molecular flexibility index (Phi) is 5.63. The van der Waals surface area contributed by atoms with Gasteiger partial charge in [0.05, 0.1) is 13.6 Å². The molecule has 0 aliphatic carbocycles. The van der Waals surface area contributed by atoms with Gasteiger partial charge in [0.1, 0.15) is 11.5 Å². The number of carbonyl (C=O) groups excluding carboxylic acids is 1. The summed E-state index contributed by atoms with van der Waals surface area (Å²) in [5.41, 5.74) is 2.37. The summed E-state index contributed by atoms with van der Waals surface area (Å²) < 4.78 is 6.12. The average Bonchev–Trinajstić information content (AvgIpc) is 2.95. The van der Waals surface area contributed by atoms with Gasteiger partial charge in [-0.1, -0.05) is 69.2 Å². The van der Waals surface area contributed by atoms with E-state index in [0.717, 1.165) is 17.1 Å². The van der Waals surface area contributed by atoms with Gasteiger partial charge in [-0.3, -0.25) is 4.79 Å². The minimum Gasteiger partial charge on any atom is -0.465 e. The van der Waals surface area contributed by atoms with Crippen molar-refractivity contribution in [2.45, 2.75) is 58.3 Å². The van der Waals surface area contributed by atoms with Crippen molar-refractivity contribution in [2.24, 2.45) is 0 Å². The lowest BCUT2D eigenvalue weighted by atomic mass is 10.1. The molecule has 0 aliphatic heterocycles. The summed E-state index contributed by atoms with van der Waals surface area (Å²) >= 11 is 0. The third-order valence-electron chi connectivity index (χ3n) is 5.46. The van der Waals surface area contributed by atoms with Crippen LogP contribution in [0.4, 0.5) is 0 Å². The Hall–Kier alpha value is -1.61. The summed E-state index contributed by atoms with van der Waals surface area (Å²) in [5, 5.41) is 0. The number of furan rings is 1. The Morgan fingerprint density at radius 3 is 2.09 bits per heavy atom. The molecule has 0 radical (unpaired) electrons. The maximum atomic E-state index is 11.8. The van der Waals surface area contributed by atoms with Gasteiger partial charge >= 0.3 is 0 Å². The maximum Gasteiger partial charge on any atom is 0.163 e. The lowest BCUT2D eigenvalue weighted by molar-refractivity contribution is 0.101. The summed E-state index contributed by atoms with van der Waals surface area (Å²) in [6, 6.07) is 16.3. The second kappa shape index (κ2) is 7.31. The predicted molar refractivity (Wildman–Crippen MR) is 98.9 cm³/mol. The molecule has 23 heavy (non-hydrogen) atoms. The molecule has 0 aliphatic rings. The van der Waals surface area contributed by atoms with Gasteiger partial charge < -0.3 is 4.42 Å². The first-order chi connectivity index (χ1) is 11.0. The predicted octanol–water partition coefficient (Wildman–Crippen LogP) is 5.97. The third-order valence-corrected chi connectivity index (χ3v) is 11.5. The largest absolute Gasteiger partial charge is 0.465 e. The molecule has 0 saturated carbocycles. The quantitative estimate of drug-likeness (QED) is 0.463. The molecule has 0 amide bonds. The minimum atomic E-state index is -1.58. The van der Waals surface area contributed by atoms with Crippen molar-refractivity contribution in [1.29, 1.82) is 0 Å². The smallest absolute Gasteiger partial charge is 0.163 e. The second-order valence-electron chi connectivity index (χ2n) is 6.44. The van der Waals surface area contributed by atoms with Crippen LogP contribution in [0.25, 0.3) is 0 Å². The Morgan fingerprint density at radius 1 is 1.09 bits per heavy atom. The summed E-state index contributed by atoms with van der Waals surface area (Å²) in [5.74, 6) is 1.82. The molecule has 2 nitrogen and oxygen atoms in total. The monoisotopic (exact) mass is 328 g/mol. The van der Waals surface area contributed by atoms with Crippen LogP contribution in [-0.4, -0.2) is 13.9 Å². The van der Waals surface area contributed by atoms with Gasteiger partial charge in [-0.15, -0.1) is 0 Å². The van der Waals surface area contributed by atoms with Gasteiger partial charge in [0.25, 0.3) is 0 Å². The normalized spacial score (nSPS) is 13.1. The van der Waals surface area contributed by atoms with Crippen LogP contribution in [0.5, 0.6) is 0 Å². The van der Waals surface area contributed by atoms with E-state index < -0.39 is 8.07 Å². The summed E-state index contributed by atoms with van der Waals surface area (Å²) in [6.07, 6.45) is 0. The standard InChI is InChI=1S/C20H28O2Si/c1-6-23(7-2,8-3)20(17-12-10-9-11-13-17)19-14-18(15(4)21)16(5)22-19/h9-14,20H,6-8H2,1-5H3. The first-order valence-corrected chi connectivity index (χ1v) is 11.3. The highest BCUT2D eigenvalue weighted by Crippen LogP contribution is 2.42. The third kappa shape index (κ3) is 3.35. The minimum absolute atomic E-state index is 0.0843. The van der Waals surface area contributed by atoms with E-state index in [2.05, 4.69) is 51.1 Å². The number of rotatable bonds is 7. The van der Waals surface area contributed by atoms with Crippen molar-refractivity contribution in [1.82, 2.24) is 0 Å². The van der Waals surface area contributed by atoms with Gasteiger partial charge in [-0.2, -0.15) is 0 Å². The average molecular weight is 329 g/mol. The van der Waals surface area contributed by atoms with E-state index in [4.69, 9.17) is 4.42 Å². The lowest BCUT2D eigenvalue weighted by Gasteiger charge is -2.36. The first kappa shape index (κ1) is 17.7. The van der Waals surface area contributed by atoms with Crippen molar-refractivity contribution >= 4 is 13.9 Å². The van der Waals surface area contributed by atoms with E-state index >= 15 is 0 Å². The molecular formula is C20H28O2Si. The van der Waals surface area contributed by atoms with Crippen molar-refractivity contribution < 1.29 is 9.21 Å². The fourth-order valence-electron chi connectivity index (χ4n) is 3.82. The van der Waals surface area contributed by atoms with Gasteiger partial charge in [0.15, 0.2) is 5.78 Å². The van der Waals surface area contributed by atoms with Gasteiger partial charge in [-0.25, -0.2) is 0 Å². The molecule has 1 atom stereocenters. The molecule has 2 aromatic rings. The molecule has 124 valence electrons. The molecule has 0 spiro atoms. The van der Waals surface area contributed by atoms with Gasteiger partial charge in [0, 0.05) is 5.54 Å². The maximum absolute atomic E-state index is 11.8. The first-order valence-electron chi connectivity index (χ1n) is 8.65. The highest BCUT2D eigenvalue weighted by atomic mass is 28.3. The molecule has 1 aromatic heterocycles. The SMILES string of the molecule is CC[Si](CC)(CC)C(c1ccccc1)c1cc(C(C)=O)c(C)o1. The Balaban J connectivity index is 2.63. The van der Waals surface area contributed by atoms with Gasteiger partial charge in [-0.05, 0) is 25.5 Å². The number of hydrogen-bond acceptors (Lipinski definition) is 2. The molecule has 0 fully saturated rings. The Morgan fingerprint density at radius 2 is 1.65 bits per heavy atom. The molecule has 1 unspecified atom stereocenters. The van der Waals surface area contributed by atoms with Crippen LogP contribution in [0.1, 0.15) is 60.7 Å². The lowest BCUT2D eigenvalue weighted by Crippen LogP contribution is -2.40. The Labute approximate surface area is 140 Å². The van der Waals surface area contributed by atoms with E-state index in [1.807, 2.05) is 13.0 Å². The van der Waals surface area contributed by atoms with E-state index in [-0.39, 0.29) is 5.78 Å². The number of aryl methyl sites for hydroxylation is 1. The number of ketones is 1. The molecule has 0 saturated heterocycles. The van der Waals surface area contributed by atoms with Crippen LogP contribution in [0, 0.1) is 6.92 Å². The van der Waals surface area contributed by atoms with Crippen LogP contribution in [0.3, 0.4) is 0 Å². The molecule has 1 aromatic carbocycles. The fourth-order valence-corrected chi connectivity index (χ4v) is 8.19.